The van der Waals surface area contributed by atoms with Crippen molar-refractivity contribution in [2.24, 2.45) is 0 Å². The Kier molecular flexibility index (Phi) is 11.4. The van der Waals surface area contributed by atoms with Crippen LogP contribution in [0.1, 0.15) is 81.0 Å². The van der Waals surface area contributed by atoms with E-state index in [-0.39, 0.29) is 119 Å². The van der Waals surface area contributed by atoms with Crippen LogP contribution in [-0.2, 0) is 4.79 Å². The molecule has 0 saturated carbocycles. The first-order valence-electron chi connectivity index (χ1n) is 23.9. The third-order valence-corrected chi connectivity index (χ3v) is 14.2. The van der Waals surface area contributed by atoms with E-state index in [0.717, 1.165) is 8.96 Å². The van der Waals surface area contributed by atoms with Gasteiger partial charge in [-0.05, 0) is 117 Å². The van der Waals surface area contributed by atoms with Crippen LogP contribution in [-0.4, -0.2) is 65.1 Å². The highest BCUT2D eigenvalue weighted by Gasteiger charge is 2.56. The fraction of sp³-hybridized carbons (Fsp3) is 0.100. The van der Waals surface area contributed by atoms with Crippen LogP contribution in [0.3, 0.4) is 0 Å². The summed E-state index contributed by atoms with van der Waals surface area (Å²) in [5.74, 6) is 8.38. The molecule has 14 nitrogen and oxygen atoms in total. The first-order valence-corrected chi connectivity index (χ1v) is 23.9. The third-order valence-electron chi connectivity index (χ3n) is 14.2. The van der Waals surface area contributed by atoms with E-state index in [1.54, 1.807) is 50.2 Å². The molecule has 11 rings (SSSR count). The highest BCUT2D eigenvalue weighted by atomic mass is 19.2. The number of fused-ring (bicyclic) bond motifs is 6. The maximum Gasteiger partial charge on any atom is 0.737 e. The molecule has 0 atom stereocenters. The maximum atomic E-state index is 17.6. The van der Waals surface area contributed by atoms with Crippen molar-refractivity contribution < 1.29 is 61.9 Å². The van der Waals surface area contributed by atoms with Gasteiger partial charge in [-0.1, -0.05) is 35.8 Å². The number of aromatic carboxylic acids is 2. The molecule has 5 aromatic rings. The number of allylic oxidation sites excluding steroid dienone is 3. The molecule has 0 radical (unpaired) electrons. The van der Waals surface area contributed by atoms with E-state index in [4.69, 9.17) is 8.83 Å². The topological polar surface area (TPSA) is 221 Å². The van der Waals surface area contributed by atoms with Gasteiger partial charge in [-0.15, -0.1) is 0 Å². The molecule has 378 valence electrons. The molecular formula is C60H39BF2N2O12. The number of halogens is 2. The summed E-state index contributed by atoms with van der Waals surface area (Å²) in [5.41, 5.74) is 3.92. The predicted octanol–water partition coefficient (Wildman–Crippen LogP) is 10.7. The smallest absolute Gasteiger partial charge is 0.508 e. The van der Waals surface area contributed by atoms with Gasteiger partial charge in [0, 0.05) is 110 Å². The summed E-state index contributed by atoms with van der Waals surface area (Å²) in [4.78, 5) is 62.8. The van der Waals surface area contributed by atoms with Crippen LogP contribution in [0.15, 0.2) is 144 Å². The quantitative estimate of drug-likeness (QED) is 0.0572. The fourth-order valence-corrected chi connectivity index (χ4v) is 10.9. The highest BCUT2D eigenvalue weighted by molar-refractivity contribution is 6.58. The molecule has 17 heteroatoms. The van der Waals surface area contributed by atoms with Gasteiger partial charge in [-0.3, -0.25) is 14.4 Å². The van der Waals surface area contributed by atoms with E-state index in [0.29, 0.717) is 49.7 Å². The molecule has 4 aliphatic heterocycles. The van der Waals surface area contributed by atoms with Crippen molar-refractivity contribution in [3.8, 4) is 80.1 Å². The Hall–Kier alpha value is -10.3. The van der Waals surface area contributed by atoms with Crippen molar-refractivity contribution in [2.75, 3.05) is 0 Å². The minimum absolute atomic E-state index is 0.0770. The minimum atomic E-state index is -4.70. The standard InChI is InChI=1S/C60H39BF2N2O12/c1-29-39(13-5-33-7-15-41(48(23-33)59(72)73)55-43-17-9-35(66)25-50(43)76-51-26-36(67)10-18-44(51)55)31(3)64-57(29)47(21-22-54(70)71)58-30(2)40(32(4)65(58)61(64,62)63)14-6-34-8-16-42(49(24-34)60(74)75)56-45-19-11-37(68)27-52(45)77-53-28-38(69)12-20-46(53)56/h7-12,15-20,23-28,66,68H,21-22H2,1-4H3,(H,70,71)(H,72,73)(H,74,75). The molecule has 1 aromatic heterocycles. The van der Waals surface area contributed by atoms with Crippen LogP contribution < -0.4 is 10.9 Å². The van der Waals surface area contributed by atoms with Crippen molar-refractivity contribution in [1.29, 1.82) is 0 Å². The Bertz CT molecular complexity index is 4490. The second-order valence-corrected chi connectivity index (χ2v) is 18.8. The lowest BCUT2D eigenvalue weighted by Crippen LogP contribution is -2.51. The second-order valence-electron chi connectivity index (χ2n) is 18.8. The summed E-state index contributed by atoms with van der Waals surface area (Å²) in [6.45, 7) is 1.51. The predicted molar refractivity (Wildman–Crippen MR) is 284 cm³/mol. The van der Waals surface area contributed by atoms with E-state index >= 15 is 8.63 Å². The van der Waals surface area contributed by atoms with Gasteiger partial charge < -0.3 is 52.0 Å². The lowest BCUT2D eigenvalue weighted by Gasteiger charge is -2.33. The molecule has 0 bridgehead atoms. The molecule has 4 aromatic carbocycles. The average Bonchev–Trinajstić information content (AvgIpc) is 3.97. The van der Waals surface area contributed by atoms with E-state index in [2.05, 4.69) is 23.7 Å². The Morgan fingerprint density at radius 2 is 1.12 bits per heavy atom. The molecule has 5 N–H and O–H groups in total. The highest BCUT2D eigenvalue weighted by Crippen LogP contribution is 2.47. The molecule has 0 amide bonds. The summed E-state index contributed by atoms with van der Waals surface area (Å²) >= 11 is 0. The minimum Gasteiger partial charge on any atom is -0.508 e. The average molecular weight is 1030 g/mol. The molecular weight excluding hydrogens is 989 g/mol. The number of rotatable bonds is 7. The number of aromatic nitrogens is 1. The number of carbonyl (C=O) groups is 3. The fourth-order valence-electron chi connectivity index (χ4n) is 10.9. The van der Waals surface area contributed by atoms with Crippen LogP contribution in [0, 0.1) is 37.5 Å². The van der Waals surface area contributed by atoms with Crippen molar-refractivity contribution in [2.45, 2.75) is 40.5 Å². The normalized spacial score (nSPS) is 13.7. The van der Waals surface area contributed by atoms with E-state index in [9.17, 15) is 49.5 Å². The van der Waals surface area contributed by atoms with Crippen LogP contribution in [0.4, 0.5) is 8.63 Å². The molecule has 0 spiro atoms. The monoisotopic (exact) mass is 1030 g/mol. The third kappa shape index (κ3) is 8.00. The number of carboxylic acids is 3. The van der Waals surface area contributed by atoms with Crippen molar-refractivity contribution in [3.05, 3.63) is 191 Å². The van der Waals surface area contributed by atoms with E-state index in [1.807, 2.05) is 0 Å². The largest absolute Gasteiger partial charge is 0.737 e. The summed E-state index contributed by atoms with van der Waals surface area (Å²) in [6.07, 6.45) is -0.559. The van der Waals surface area contributed by atoms with Gasteiger partial charge in [-0.2, -0.15) is 0 Å². The molecule has 6 aliphatic rings. The Morgan fingerprint density at radius 1 is 0.623 bits per heavy atom. The van der Waals surface area contributed by atoms with Gasteiger partial charge in [0.1, 0.15) is 39.9 Å². The molecule has 0 saturated heterocycles. The summed E-state index contributed by atoms with van der Waals surface area (Å²) in [7, 11) is 0. The number of phenolic OH excluding ortho intramolecular Hbond substituents is 2. The summed E-state index contributed by atoms with van der Waals surface area (Å²) < 4.78 is 48.8. The number of hydrogen-bond acceptors (Lipinski definition) is 9. The lowest BCUT2D eigenvalue weighted by atomic mass is 9.84. The first kappa shape index (κ1) is 49.0. The molecule has 77 heavy (non-hydrogen) atoms. The van der Waals surface area contributed by atoms with Crippen molar-refractivity contribution in [3.63, 3.8) is 0 Å². The van der Waals surface area contributed by atoms with Crippen LogP contribution >= 0.6 is 0 Å². The van der Waals surface area contributed by atoms with E-state index in [1.165, 1.54) is 86.6 Å². The van der Waals surface area contributed by atoms with Gasteiger partial charge in [-0.25, -0.2) is 9.59 Å². The van der Waals surface area contributed by atoms with Gasteiger partial charge in [0.25, 0.3) is 0 Å². The Labute approximate surface area is 434 Å². The zero-order chi connectivity index (χ0) is 54.5. The van der Waals surface area contributed by atoms with Gasteiger partial charge in [0.2, 0.25) is 0 Å². The zero-order valence-electron chi connectivity index (χ0n) is 41.1. The van der Waals surface area contributed by atoms with Crippen molar-refractivity contribution >= 4 is 58.1 Å². The molecule has 2 aliphatic carbocycles. The van der Waals surface area contributed by atoms with Gasteiger partial charge in [0.15, 0.2) is 16.6 Å². The number of nitrogens with zero attached hydrogens (tertiary/aromatic N) is 2. The van der Waals surface area contributed by atoms with Crippen LogP contribution in [0.2, 0.25) is 0 Å². The van der Waals surface area contributed by atoms with Crippen molar-refractivity contribution in [1.82, 2.24) is 4.48 Å². The van der Waals surface area contributed by atoms with Crippen LogP contribution in [0.5, 0.6) is 11.5 Å². The first-order chi connectivity index (χ1) is 36.7. The Morgan fingerprint density at radius 3 is 1.61 bits per heavy atom. The zero-order valence-corrected chi connectivity index (χ0v) is 41.1. The number of benzene rings is 6. The lowest BCUT2D eigenvalue weighted by molar-refractivity contribution is -0.364. The Balaban J connectivity index is 1.00. The van der Waals surface area contributed by atoms with E-state index < -0.39 is 31.3 Å². The molecule has 0 unspecified atom stereocenters. The maximum absolute atomic E-state index is 17.6. The molecule has 5 heterocycles. The number of aliphatic carboxylic acids is 1. The number of aromatic hydroxyl groups is 2. The summed E-state index contributed by atoms with van der Waals surface area (Å²) in [5, 5.41) is 52.5. The second kappa shape index (κ2) is 18.0. The van der Waals surface area contributed by atoms with Crippen LogP contribution in [0.25, 0.3) is 72.4 Å². The van der Waals surface area contributed by atoms with Gasteiger partial charge in [0.05, 0.1) is 16.7 Å². The number of phenols is 2. The van der Waals surface area contributed by atoms with Gasteiger partial charge >= 0.3 is 24.9 Å². The number of carboxylic acid groups (broad SMARTS) is 3. The SMILES string of the molecule is CC1=C(C#Cc2ccc(-c3c4ccc(=O)cc-4oc4cc(O)ccc34)c(C(=O)O)c2)C(C)=[N+]2C1=C(CCC(=O)O)c1c(C)c(C#Cc3ccc(-c4c5ccc(=O)cc-5oc5cc(O)ccc45)c(C(=O)O)c3)c(C)n1[B-]2(F)F. The number of hydrogen-bond donors (Lipinski definition) is 5. The molecule has 0 fully saturated rings. The summed E-state index contributed by atoms with van der Waals surface area (Å²) in [6, 6.07) is 26.0.